The third-order valence-corrected chi connectivity index (χ3v) is 5.91. The first-order valence-electron chi connectivity index (χ1n) is 8.14. The van der Waals surface area contributed by atoms with E-state index in [0.29, 0.717) is 17.1 Å². The number of hydrogen-bond donors (Lipinski definition) is 3. The largest absolute Gasteiger partial charge is 0.366 e. The number of nitrogens with one attached hydrogen (secondary N) is 2. The van der Waals surface area contributed by atoms with Crippen molar-refractivity contribution in [1.29, 1.82) is 0 Å². The molecule has 2 heterocycles. The Hall–Kier alpha value is -1.40. The Bertz CT molecular complexity index is 557. The molecular weight excluding hydrogens is 298 g/mol. The maximum Gasteiger partial charge on any atom is 0.280 e. The Labute approximate surface area is 134 Å². The summed E-state index contributed by atoms with van der Waals surface area (Å²) in [6, 6.07) is 1.66. The molecule has 2 fully saturated rings. The van der Waals surface area contributed by atoms with Gasteiger partial charge in [0.2, 0.25) is 0 Å². The molecule has 1 aliphatic heterocycles. The Kier molecular flexibility index (Phi) is 4.78. The molecule has 5 nitrogen and oxygen atoms in total. The van der Waals surface area contributed by atoms with Crippen molar-refractivity contribution in [1.82, 2.24) is 0 Å². The van der Waals surface area contributed by atoms with Crippen LogP contribution < -0.4 is 16.0 Å². The van der Waals surface area contributed by atoms with Gasteiger partial charge < -0.3 is 16.0 Å². The van der Waals surface area contributed by atoms with Gasteiger partial charge in [0.1, 0.15) is 5.00 Å². The number of anilines is 1. The van der Waals surface area contributed by atoms with Crippen molar-refractivity contribution in [2.45, 2.75) is 32.1 Å². The maximum atomic E-state index is 12.2. The number of rotatable bonds is 4. The molecule has 1 unspecified atom stereocenters. The van der Waals surface area contributed by atoms with Gasteiger partial charge in [-0.05, 0) is 36.6 Å². The molecule has 3 rings (SSSR count). The summed E-state index contributed by atoms with van der Waals surface area (Å²) in [6.07, 6.45) is 6.68. The van der Waals surface area contributed by atoms with Crippen LogP contribution in [0, 0.1) is 11.8 Å². The van der Waals surface area contributed by atoms with Crippen molar-refractivity contribution < 1.29 is 14.5 Å². The van der Waals surface area contributed by atoms with Gasteiger partial charge in [-0.1, -0.05) is 12.8 Å². The topological polar surface area (TPSA) is 76.6 Å². The maximum absolute atomic E-state index is 12.2. The Morgan fingerprint density at radius 2 is 2.05 bits per heavy atom. The summed E-state index contributed by atoms with van der Waals surface area (Å²) in [5, 5.41) is 5.20. The second-order valence-electron chi connectivity index (χ2n) is 6.55. The first kappa shape index (κ1) is 15.5. The molecule has 4 N–H and O–H groups in total. The number of carbonyl (C=O) groups excluding carboxylic acids is 2. The van der Waals surface area contributed by atoms with Crippen LogP contribution in [0.4, 0.5) is 5.00 Å². The molecule has 1 saturated carbocycles. The van der Waals surface area contributed by atoms with E-state index in [1.807, 2.05) is 0 Å². The molecule has 2 amide bonds. The van der Waals surface area contributed by atoms with Gasteiger partial charge in [0.15, 0.2) is 6.54 Å². The van der Waals surface area contributed by atoms with Gasteiger partial charge in [0.05, 0.1) is 18.7 Å². The van der Waals surface area contributed by atoms with Gasteiger partial charge in [-0.25, -0.2) is 0 Å². The molecule has 120 valence electrons. The monoisotopic (exact) mass is 322 g/mol. The number of piperidine rings is 1. The smallest absolute Gasteiger partial charge is 0.280 e. The SMILES string of the molecule is NC(=O)c1ccsc1NC(=O)C[NH+]1CC[C@@H]2CCCC[C@@H]2C1. The third-order valence-electron chi connectivity index (χ3n) is 5.08. The molecule has 0 spiro atoms. The first-order chi connectivity index (χ1) is 10.6. The van der Waals surface area contributed by atoms with E-state index in [-0.39, 0.29) is 5.91 Å². The van der Waals surface area contributed by atoms with E-state index in [9.17, 15) is 9.59 Å². The van der Waals surface area contributed by atoms with E-state index in [4.69, 9.17) is 5.73 Å². The first-order valence-corrected chi connectivity index (χ1v) is 9.02. The van der Waals surface area contributed by atoms with Crippen LogP contribution in [-0.4, -0.2) is 31.4 Å². The molecule has 3 atom stereocenters. The zero-order valence-electron chi connectivity index (χ0n) is 12.8. The standard InChI is InChI=1S/C16H23N3O2S/c17-15(21)13-6-8-22-16(13)18-14(20)10-19-7-5-11-3-1-2-4-12(11)9-19/h6,8,11-12H,1-5,7,9-10H2,(H2,17,21)(H,18,20)/p+1/t11-,12+/m0/s1. The quantitative estimate of drug-likeness (QED) is 0.770. The minimum atomic E-state index is -0.494. The van der Waals surface area contributed by atoms with Crippen molar-refractivity contribution in [2.24, 2.45) is 17.6 Å². The van der Waals surface area contributed by atoms with E-state index < -0.39 is 5.91 Å². The molecule has 6 heteroatoms. The normalized spacial score (nSPS) is 27.9. The zero-order chi connectivity index (χ0) is 15.5. The number of hydrogen-bond acceptors (Lipinski definition) is 3. The van der Waals surface area contributed by atoms with Crippen LogP contribution in [0.15, 0.2) is 11.4 Å². The summed E-state index contributed by atoms with van der Waals surface area (Å²) in [5.41, 5.74) is 5.71. The fourth-order valence-corrected chi connectivity index (χ4v) is 4.76. The summed E-state index contributed by atoms with van der Waals surface area (Å²) >= 11 is 1.34. The van der Waals surface area contributed by atoms with Gasteiger partial charge in [0, 0.05) is 5.92 Å². The lowest BCUT2D eigenvalue weighted by Gasteiger charge is -2.38. The number of amides is 2. The summed E-state index contributed by atoms with van der Waals surface area (Å²) in [7, 11) is 0. The lowest BCUT2D eigenvalue weighted by molar-refractivity contribution is -0.902. The van der Waals surface area contributed by atoms with Crippen LogP contribution in [0.25, 0.3) is 0 Å². The lowest BCUT2D eigenvalue weighted by atomic mass is 9.75. The van der Waals surface area contributed by atoms with Gasteiger partial charge >= 0.3 is 0 Å². The molecule has 1 saturated heterocycles. The van der Waals surface area contributed by atoms with E-state index in [0.717, 1.165) is 24.9 Å². The number of quaternary nitrogens is 1. The van der Waals surface area contributed by atoms with Crippen molar-refractivity contribution in [3.8, 4) is 0 Å². The van der Waals surface area contributed by atoms with E-state index in [2.05, 4.69) is 5.32 Å². The van der Waals surface area contributed by atoms with Crippen molar-refractivity contribution >= 4 is 28.2 Å². The molecule has 1 aliphatic carbocycles. The number of primary amides is 1. The fraction of sp³-hybridized carbons (Fsp3) is 0.625. The zero-order valence-corrected chi connectivity index (χ0v) is 13.6. The Morgan fingerprint density at radius 1 is 1.27 bits per heavy atom. The molecule has 1 aromatic rings. The molecule has 22 heavy (non-hydrogen) atoms. The second-order valence-corrected chi connectivity index (χ2v) is 7.47. The highest BCUT2D eigenvalue weighted by molar-refractivity contribution is 7.14. The predicted octanol–water partition coefficient (Wildman–Crippen LogP) is 0.880. The number of likely N-dealkylation sites (tertiary alicyclic amines) is 1. The van der Waals surface area contributed by atoms with Gasteiger partial charge in [-0.15, -0.1) is 11.3 Å². The summed E-state index contributed by atoms with van der Waals surface area (Å²) < 4.78 is 0. The molecule has 0 radical (unpaired) electrons. The fourth-order valence-electron chi connectivity index (χ4n) is 3.95. The molecule has 0 bridgehead atoms. The summed E-state index contributed by atoms with van der Waals surface area (Å²) in [5.74, 6) is 1.17. The third kappa shape index (κ3) is 3.50. The van der Waals surface area contributed by atoms with Gasteiger partial charge in [0.25, 0.3) is 11.8 Å². The molecule has 1 aromatic heterocycles. The number of thiophene rings is 1. The Morgan fingerprint density at radius 3 is 2.82 bits per heavy atom. The average Bonchev–Trinajstić information content (AvgIpc) is 2.95. The Balaban J connectivity index is 1.53. The van der Waals surface area contributed by atoms with Crippen LogP contribution in [-0.2, 0) is 4.79 Å². The van der Waals surface area contributed by atoms with Crippen LogP contribution in [0.2, 0.25) is 0 Å². The van der Waals surface area contributed by atoms with Crippen LogP contribution >= 0.6 is 11.3 Å². The van der Waals surface area contributed by atoms with Crippen LogP contribution in [0.1, 0.15) is 42.5 Å². The van der Waals surface area contributed by atoms with E-state index in [1.54, 1.807) is 11.4 Å². The van der Waals surface area contributed by atoms with Crippen molar-refractivity contribution in [3.05, 3.63) is 17.0 Å². The predicted molar refractivity (Wildman–Crippen MR) is 87.1 cm³/mol. The molecule has 2 aliphatic rings. The highest BCUT2D eigenvalue weighted by atomic mass is 32.1. The minimum absolute atomic E-state index is 0.0193. The van der Waals surface area contributed by atoms with Gasteiger partial charge in [-0.3, -0.25) is 9.59 Å². The average molecular weight is 322 g/mol. The van der Waals surface area contributed by atoms with Crippen molar-refractivity contribution in [3.63, 3.8) is 0 Å². The van der Waals surface area contributed by atoms with Crippen LogP contribution in [0.3, 0.4) is 0 Å². The number of fused-ring (bicyclic) bond motifs is 1. The minimum Gasteiger partial charge on any atom is -0.366 e. The van der Waals surface area contributed by atoms with E-state index >= 15 is 0 Å². The van der Waals surface area contributed by atoms with Crippen molar-refractivity contribution in [2.75, 3.05) is 25.0 Å². The molecular formula is C16H24N3O2S+. The van der Waals surface area contributed by atoms with Gasteiger partial charge in [-0.2, -0.15) is 0 Å². The summed E-state index contributed by atoms with van der Waals surface area (Å²) in [6.45, 7) is 2.69. The highest BCUT2D eigenvalue weighted by Crippen LogP contribution is 2.32. The number of nitrogens with two attached hydrogens (primary N) is 1. The lowest BCUT2D eigenvalue weighted by Crippen LogP contribution is -3.15. The second kappa shape index (κ2) is 6.79. The number of carbonyl (C=O) groups is 2. The van der Waals surface area contributed by atoms with Crippen LogP contribution in [0.5, 0.6) is 0 Å². The summed E-state index contributed by atoms with van der Waals surface area (Å²) in [4.78, 5) is 24.9. The molecule has 0 aromatic carbocycles. The van der Waals surface area contributed by atoms with E-state index in [1.165, 1.54) is 48.3 Å². The highest BCUT2D eigenvalue weighted by Gasteiger charge is 2.34.